The van der Waals surface area contributed by atoms with Crippen LogP contribution in [0.15, 0.2) is 36.8 Å². The van der Waals surface area contributed by atoms with Crippen LogP contribution in [0.4, 0.5) is 16.0 Å². The molecule has 0 saturated carbocycles. The van der Waals surface area contributed by atoms with Crippen molar-refractivity contribution in [3.63, 3.8) is 0 Å². The molecule has 0 saturated heterocycles. The minimum absolute atomic E-state index is 0.348. The number of aromatic nitrogens is 4. The van der Waals surface area contributed by atoms with Gasteiger partial charge in [0, 0.05) is 32.5 Å². The summed E-state index contributed by atoms with van der Waals surface area (Å²) >= 11 is 0. The normalized spacial score (nSPS) is 13.5. The van der Waals surface area contributed by atoms with E-state index < -0.39 is 14.0 Å². The second-order valence-corrected chi connectivity index (χ2v) is 14.5. The van der Waals surface area contributed by atoms with E-state index >= 15 is 0 Å². The van der Waals surface area contributed by atoms with E-state index in [1.807, 2.05) is 12.1 Å². The van der Waals surface area contributed by atoms with Crippen LogP contribution in [0.25, 0.3) is 11.1 Å². The first kappa shape index (κ1) is 20.7. The van der Waals surface area contributed by atoms with E-state index in [1.54, 1.807) is 4.68 Å². The van der Waals surface area contributed by atoms with Gasteiger partial charge >= 0.3 is 0 Å². The van der Waals surface area contributed by atoms with Crippen molar-refractivity contribution in [1.82, 2.24) is 19.7 Å². The van der Waals surface area contributed by atoms with Crippen molar-refractivity contribution < 1.29 is 9.13 Å². The third kappa shape index (κ3) is 4.76. The van der Waals surface area contributed by atoms with Gasteiger partial charge in [-0.25, -0.2) is 9.67 Å². The zero-order chi connectivity index (χ0) is 21.1. The topological polar surface area (TPSA) is 64.9 Å². The molecule has 1 aliphatic rings. The molecular weight excluding hydrogens is 397 g/mol. The highest BCUT2D eigenvalue weighted by atomic mass is 28.3. The second kappa shape index (κ2) is 8.65. The Kier molecular flexibility index (Phi) is 5.96. The maximum atomic E-state index is 13.8. The van der Waals surface area contributed by atoms with Crippen LogP contribution in [0.3, 0.4) is 0 Å². The Morgan fingerprint density at radius 1 is 1.17 bits per heavy atom. The van der Waals surface area contributed by atoms with Crippen molar-refractivity contribution in [3.8, 4) is 11.1 Å². The number of aryl methyl sites for hydroxylation is 1. The summed E-state index contributed by atoms with van der Waals surface area (Å²) in [5.41, 5.74) is 5.28. The first-order valence-corrected chi connectivity index (χ1v) is 14.1. The first-order valence-electron chi connectivity index (χ1n) is 10.4. The molecule has 6 nitrogen and oxygen atoms in total. The summed E-state index contributed by atoms with van der Waals surface area (Å²) in [5.74, 6) is 0.136. The maximum absolute atomic E-state index is 13.8. The Hall–Kier alpha value is -2.58. The summed E-state index contributed by atoms with van der Waals surface area (Å²) in [7, 11) is -1.14. The zero-order valence-corrected chi connectivity index (χ0v) is 18.8. The van der Waals surface area contributed by atoms with E-state index in [4.69, 9.17) is 4.74 Å². The minimum Gasteiger partial charge on any atom is -0.359 e. The highest BCUT2D eigenvalue weighted by Crippen LogP contribution is 2.38. The fourth-order valence-electron chi connectivity index (χ4n) is 3.72. The number of nitrogens with one attached hydrogen (secondary N) is 1. The molecule has 4 rings (SSSR count). The number of rotatable bonds is 8. The summed E-state index contributed by atoms with van der Waals surface area (Å²) in [4.78, 5) is 8.09. The highest BCUT2D eigenvalue weighted by Gasteiger charge is 2.21. The lowest BCUT2D eigenvalue weighted by Crippen LogP contribution is -2.22. The van der Waals surface area contributed by atoms with E-state index in [9.17, 15) is 4.39 Å². The summed E-state index contributed by atoms with van der Waals surface area (Å²) < 4.78 is 21.4. The van der Waals surface area contributed by atoms with Crippen LogP contribution in [0.5, 0.6) is 0 Å². The number of hydrogen-bond acceptors (Lipinski definition) is 5. The van der Waals surface area contributed by atoms with E-state index in [0.29, 0.717) is 12.7 Å². The number of anilines is 2. The van der Waals surface area contributed by atoms with Gasteiger partial charge in [-0.2, -0.15) is 14.5 Å². The lowest BCUT2D eigenvalue weighted by molar-refractivity contribution is 0.0799. The van der Waals surface area contributed by atoms with Crippen molar-refractivity contribution >= 4 is 19.7 Å². The standard InChI is InChI=1S/C22H28FN5OSi/c1-30(2,3)12-11-29-15-28-22(25-14-26-28)27-21-18-6-4-5-16(18)7-8-19(21)17-9-10-24-20(23)13-17/h7-10,13-14H,4-6,11-12,15H2,1-3H3,(H,25,26,27). The van der Waals surface area contributed by atoms with Gasteiger partial charge < -0.3 is 10.1 Å². The molecule has 2 heterocycles. The number of hydrogen-bond donors (Lipinski definition) is 1. The molecule has 0 spiro atoms. The molecule has 0 atom stereocenters. The SMILES string of the molecule is C[Si](C)(C)CCOCn1ncnc1Nc1c(-c2ccnc(F)c2)ccc2c1CCC2. The molecule has 0 bridgehead atoms. The van der Waals surface area contributed by atoms with Crippen LogP contribution in [0.1, 0.15) is 17.5 Å². The quantitative estimate of drug-likeness (QED) is 0.312. The Balaban J connectivity index is 1.60. The molecule has 0 fully saturated rings. The molecule has 2 aromatic heterocycles. The Morgan fingerprint density at radius 2 is 2.03 bits per heavy atom. The maximum Gasteiger partial charge on any atom is 0.227 e. The number of pyridine rings is 1. The number of ether oxygens (including phenoxy) is 1. The minimum atomic E-state index is -1.14. The lowest BCUT2D eigenvalue weighted by Gasteiger charge is -2.18. The smallest absolute Gasteiger partial charge is 0.227 e. The number of fused-ring (bicyclic) bond motifs is 1. The molecule has 1 aromatic carbocycles. The monoisotopic (exact) mass is 425 g/mol. The Morgan fingerprint density at radius 3 is 2.83 bits per heavy atom. The molecule has 8 heteroatoms. The molecule has 0 radical (unpaired) electrons. The van der Waals surface area contributed by atoms with Crippen LogP contribution in [-0.2, 0) is 24.3 Å². The fraction of sp³-hybridized carbons (Fsp3) is 0.409. The van der Waals surface area contributed by atoms with Crippen molar-refractivity contribution in [2.45, 2.75) is 51.7 Å². The van der Waals surface area contributed by atoms with Gasteiger partial charge in [-0.05, 0) is 48.1 Å². The van der Waals surface area contributed by atoms with E-state index in [-0.39, 0.29) is 0 Å². The van der Waals surface area contributed by atoms with E-state index in [1.165, 1.54) is 29.7 Å². The summed E-state index contributed by atoms with van der Waals surface area (Å²) in [5, 5.41) is 7.79. The molecule has 0 aliphatic heterocycles. The summed E-state index contributed by atoms with van der Waals surface area (Å²) in [6, 6.07) is 8.59. The summed E-state index contributed by atoms with van der Waals surface area (Å²) in [6.07, 6.45) is 6.18. The van der Waals surface area contributed by atoms with Gasteiger partial charge in [-0.15, -0.1) is 0 Å². The molecule has 158 valence electrons. The van der Waals surface area contributed by atoms with Gasteiger partial charge in [0.15, 0.2) is 0 Å². The largest absolute Gasteiger partial charge is 0.359 e. The number of halogens is 1. The van der Waals surface area contributed by atoms with Gasteiger partial charge in [0.1, 0.15) is 13.1 Å². The van der Waals surface area contributed by atoms with E-state index in [2.05, 4.69) is 46.1 Å². The molecule has 1 aliphatic carbocycles. The van der Waals surface area contributed by atoms with Gasteiger partial charge in [-0.1, -0.05) is 31.8 Å². The van der Waals surface area contributed by atoms with Crippen LogP contribution in [-0.4, -0.2) is 34.4 Å². The second-order valence-electron chi connectivity index (χ2n) is 8.90. The average Bonchev–Trinajstić information content (AvgIpc) is 3.34. The van der Waals surface area contributed by atoms with Crippen molar-refractivity contribution in [1.29, 1.82) is 0 Å². The van der Waals surface area contributed by atoms with Gasteiger partial charge in [-0.3, -0.25) is 0 Å². The zero-order valence-electron chi connectivity index (χ0n) is 17.8. The molecule has 3 aromatic rings. The van der Waals surface area contributed by atoms with Gasteiger partial charge in [0.25, 0.3) is 0 Å². The van der Waals surface area contributed by atoms with Gasteiger partial charge in [0.2, 0.25) is 11.9 Å². The highest BCUT2D eigenvalue weighted by molar-refractivity contribution is 6.76. The Bertz CT molecular complexity index is 1030. The fourth-order valence-corrected chi connectivity index (χ4v) is 4.47. The summed E-state index contributed by atoms with van der Waals surface area (Å²) in [6.45, 7) is 8.06. The predicted molar refractivity (Wildman–Crippen MR) is 119 cm³/mol. The van der Waals surface area contributed by atoms with Crippen molar-refractivity contribution in [2.75, 3.05) is 11.9 Å². The van der Waals surface area contributed by atoms with Crippen LogP contribution < -0.4 is 5.32 Å². The van der Waals surface area contributed by atoms with Crippen LogP contribution >= 0.6 is 0 Å². The average molecular weight is 426 g/mol. The van der Waals surface area contributed by atoms with Crippen molar-refractivity contribution in [2.24, 2.45) is 0 Å². The predicted octanol–water partition coefficient (Wildman–Crippen LogP) is 5.02. The molecular formula is C22H28FN5OSi. The first-order chi connectivity index (χ1) is 14.4. The van der Waals surface area contributed by atoms with E-state index in [0.717, 1.165) is 48.7 Å². The molecule has 1 N–H and O–H groups in total. The molecule has 0 unspecified atom stereocenters. The lowest BCUT2D eigenvalue weighted by atomic mass is 9.98. The van der Waals surface area contributed by atoms with Gasteiger partial charge in [0.05, 0.1) is 5.69 Å². The number of nitrogens with zero attached hydrogens (tertiary/aromatic N) is 4. The van der Waals surface area contributed by atoms with Crippen LogP contribution in [0, 0.1) is 5.95 Å². The third-order valence-corrected chi connectivity index (χ3v) is 7.09. The van der Waals surface area contributed by atoms with Crippen molar-refractivity contribution in [3.05, 3.63) is 53.9 Å². The molecule has 0 amide bonds. The Labute approximate surface area is 177 Å². The number of benzene rings is 1. The van der Waals surface area contributed by atoms with Crippen LogP contribution in [0.2, 0.25) is 25.7 Å². The third-order valence-electron chi connectivity index (χ3n) is 5.38. The molecule has 30 heavy (non-hydrogen) atoms.